The smallest absolute Gasteiger partial charge is 0.320 e. The Kier molecular flexibility index (Phi) is 5.44. The van der Waals surface area contributed by atoms with Crippen molar-refractivity contribution in [1.82, 2.24) is 10.6 Å². The first kappa shape index (κ1) is 15.1. The van der Waals surface area contributed by atoms with E-state index in [1.807, 2.05) is 0 Å². The molecule has 5 nitrogen and oxygen atoms in total. The van der Waals surface area contributed by atoms with Crippen LogP contribution in [0.3, 0.4) is 0 Å². The summed E-state index contributed by atoms with van der Waals surface area (Å²) in [6, 6.07) is 4.77. The third-order valence-corrected chi connectivity index (χ3v) is 2.69. The van der Waals surface area contributed by atoms with Crippen LogP contribution < -0.4 is 10.6 Å². The quantitative estimate of drug-likeness (QED) is 0.721. The van der Waals surface area contributed by atoms with E-state index >= 15 is 0 Å². The van der Waals surface area contributed by atoms with Gasteiger partial charge >= 0.3 is 5.97 Å². The molecule has 6 heteroatoms. The highest BCUT2D eigenvalue weighted by molar-refractivity contribution is 5.80. The number of carbonyl (C=O) groups excluding carboxylic acids is 1. The van der Waals surface area contributed by atoms with Crippen LogP contribution in [0.25, 0.3) is 0 Å². The van der Waals surface area contributed by atoms with E-state index in [1.54, 1.807) is 19.1 Å². The van der Waals surface area contributed by atoms with Gasteiger partial charge in [-0.25, -0.2) is 4.39 Å². The molecule has 0 aliphatic rings. The zero-order valence-electron chi connectivity index (χ0n) is 10.8. The van der Waals surface area contributed by atoms with Crippen molar-refractivity contribution in [3.8, 4) is 0 Å². The van der Waals surface area contributed by atoms with Gasteiger partial charge < -0.3 is 10.4 Å². The number of carboxylic acid groups (broad SMARTS) is 1. The average Bonchev–Trinajstić information content (AvgIpc) is 2.36. The van der Waals surface area contributed by atoms with Gasteiger partial charge in [-0.3, -0.25) is 14.9 Å². The maximum atomic E-state index is 12.7. The van der Waals surface area contributed by atoms with Gasteiger partial charge in [-0.1, -0.05) is 12.1 Å². The predicted octanol–water partition coefficient (Wildman–Crippen LogP) is 1.07. The fourth-order valence-electron chi connectivity index (χ4n) is 1.46. The lowest BCUT2D eigenvalue weighted by molar-refractivity contribution is -0.139. The molecule has 1 rings (SSSR count). The standard InChI is InChI=1S/C13H17FN2O3/c1-8(10-3-5-11(14)6-4-10)16-12(17)7-15-9(2)13(18)19/h3-6,8-9,15H,7H2,1-2H3,(H,16,17)(H,18,19). The number of carbonyl (C=O) groups is 2. The molecule has 0 spiro atoms. The van der Waals surface area contributed by atoms with E-state index in [0.717, 1.165) is 5.56 Å². The number of carboxylic acids is 1. The maximum absolute atomic E-state index is 12.7. The number of rotatable bonds is 6. The third-order valence-electron chi connectivity index (χ3n) is 2.69. The molecule has 0 saturated heterocycles. The van der Waals surface area contributed by atoms with Crippen LogP contribution in [0.1, 0.15) is 25.5 Å². The number of halogens is 1. The Bertz CT molecular complexity index is 448. The monoisotopic (exact) mass is 268 g/mol. The minimum atomic E-state index is -1.01. The highest BCUT2D eigenvalue weighted by Gasteiger charge is 2.13. The Morgan fingerprint density at radius 2 is 1.84 bits per heavy atom. The molecule has 104 valence electrons. The van der Waals surface area contributed by atoms with Crippen molar-refractivity contribution in [3.63, 3.8) is 0 Å². The van der Waals surface area contributed by atoms with Gasteiger partial charge in [0.05, 0.1) is 12.6 Å². The van der Waals surface area contributed by atoms with E-state index in [4.69, 9.17) is 5.11 Å². The summed E-state index contributed by atoms with van der Waals surface area (Å²) in [6.45, 7) is 3.14. The van der Waals surface area contributed by atoms with Gasteiger partial charge in [0.2, 0.25) is 5.91 Å². The molecule has 0 radical (unpaired) electrons. The molecule has 2 unspecified atom stereocenters. The van der Waals surface area contributed by atoms with Crippen molar-refractivity contribution in [2.45, 2.75) is 25.9 Å². The number of benzene rings is 1. The second-order valence-electron chi connectivity index (χ2n) is 4.28. The Balaban J connectivity index is 2.44. The van der Waals surface area contributed by atoms with Gasteiger partial charge in [-0.05, 0) is 31.5 Å². The molecule has 0 aliphatic carbocycles. The van der Waals surface area contributed by atoms with Crippen molar-refractivity contribution in [3.05, 3.63) is 35.6 Å². The first-order valence-electron chi connectivity index (χ1n) is 5.91. The van der Waals surface area contributed by atoms with Crippen LogP contribution in [0.5, 0.6) is 0 Å². The summed E-state index contributed by atoms with van der Waals surface area (Å²) in [5.41, 5.74) is 0.779. The predicted molar refractivity (Wildman–Crippen MR) is 68.1 cm³/mol. The molecule has 1 aromatic rings. The third kappa shape index (κ3) is 5.05. The van der Waals surface area contributed by atoms with E-state index in [9.17, 15) is 14.0 Å². The Hall–Kier alpha value is -1.95. The first-order valence-corrected chi connectivity index (χ1v) is 5.91. The molecule has 19 heavy (non-hydrogen) atoms. The molecule has 0 aromatic heterocycles. The van der Waals surface area contributed by atoms with Crippen LogP contribution in [0.2, 0.25) is 0 Å². The average molecular weight is 268 g/mol. The first-order chi connectivity index (χ1) is 8.90. The molecule has 0 heterocycles. The summed E-state index contributed by atoms with van der Waals surface area (Å²) in [7, 11) is 0. The van der Waals surface area contributed by atoms with Gasteiger partial charge in [0.1, 0.15) is 11.9 Å². The van der Waals surface area contributed by atoms with E-state index in [0.29, 0.717) is 0 Å². The van der Waals surface area contributed by atoms with Crippen molar-refractivity contribution < 1.29 is 19.1 Å². The highest BCUT2D eigenvalue weighted by atomic mass is 19.1. The van der Waals surface area contributed by atoms with Gasteiger partial charge in [0.25, 0.3) is 0 Å². The summed E-state index contributed by atoms with van der Waals surface area (Å²) in [6.07, 6.45) is 0. The minimum Gasteiger partial charge on any atom is -0.480 e. The lowest BCUT2D eigenvalue weighted by Crippen LogP contribution is -2.42. The fourth-order valence-corrected chi connectivity index (χ4v) is 1.46. The number of nitrogens with one attached hydrogen (secondary N) is 2. The number of amides is 1. The number of aliphatic carboxylic acids is 1. The summed E-state index contributed by atoms with van der Waals surface area (Å²) < 4.78 is 12.7. The maximum Gasteiger partial charge on any atom is 0.320 e. The molecule has 0 bridgehead atoms. The molecular weight excluding hydrogens is 251 g/mol. The van der Waals surface area contributed by atoms with E-state index in [1.165, 1.54) is 19.1 Å². The largest absolute Gasteiger partial charge is 0.480 e. The van der Waals surface area contributed by atoms with Crippen molar-refractivity contribution in [2.24, 2.45) is 0 Å². The van der Waals surface area contributed by atoms with E-state index in [-0.39, 0.29) is 24.3 Å². The van der Waals surface area contributed by atoms with Crippen LogP contribution in [0, 0.1) is 5.82 Å². The van der Waals surface area contributed by atoms with Crippen LogP contribution in [-0.4, -0.2) is 29.6 Å². The molecule has 1 amide bonds. The topological polar surface area (TPSA) is 78.4 Å². The number of hydrogen-bond donors (Lipinski definition) is 3. The molecule has 3 N–H and O–H groups in total. The van der Waals surface area contributed by atoms with E-state index in [2.05, 4.69) is 10.6 Å². The Morgan fingerprint density at radius 1 is 1.26 bits per heavy atom. The Morgan fingerprint density at radius 3 is 2.37 bits per heavy atom. The van der Waals surface area contributed by atoms with Crippen molar-refractivity contribution in [1.29, 1.82) is 0 Å². The fraction of sp³-hybridized carbons (Fsp3) is 0.385. The summed E-state index contributed by atoms with van der Waals surface area (Å²) in [4.78, 5) is 22.1. The Labute approximate surface area is 110 Å². The van der Waals surface area contributed by atoms with Gasteiger partial charge in [-0.15, -0.1) is 0 Å². The lowest BCUT2D eigenvalue weighted by Gasteiger charge is -2.15. The van der Waals surface area contributed by atoms with Gasteiger partial charge in [0.15, 0.2) is 0 Å². The molecule has 0 fully saturated rings. The summed E-state index contributed by atoms with van der Waals surface area (Å²) in [5, 5.41) is 13.9. The van der Waals surface area contributed by atoms with Crippen molar-refractivity contribution >= 4 is 11.9 Å². The van der Waals surface area contributed by atoms with Crippen LogP contribution >= 0.6 is 0 Å². The normalized spacial score (nSPS) is 13.6. The number of hydrogen-bond acceptors (Lipinski definition) is 3. The SMILES string of the molecule is CC(NCC(=O)NC(C)c1ccc(F)cc1)C(=O)O. The zero-order valence-corrected chi connectivity index (χ0v) is 10.8. The summed E-state index contributed by atoms with van der Waals surface area (Å²) in [5.74, 6) is -1.66. The highest BCUT2D eigenvalue weighted by Crippen LogP contribution is 2.12. The van der Waals surface area contributed by atoms with Crippen LogP contribution in [0.4, 0.5) is 4.39 Å². The lowest BCUT2D eigenvalue weighted by atomic mass is 10.1. The molecule has 0 saturated carbocycles. The molecule has 2 atom stereocenters. The second-order valence-corrected chi connectivity index (χ2v) is 4.28. The van der Waals surface area contributed by atoms with Gasteiger partial charge in [0, 0.05) is 0 Å². The second kappa shape index (κ2) is 6.84. The molecular formula is C13H17FN2O3. The van der Waals surface area contributed by atoms with Gasteiger partial charge in [-0.2, -0.15) is 0 Å². The van der Waals surface area contributed by atoms with Crippen LogP contribution in [0.15, 0.2) is 24.3 Å². The van der Waals surface area contributed by atoms with Crippen molar-refractivity contribution in [2.75, 3.05) is 6.54 Å². The minimum absolute atomic E-state index is 0.0843. The summed E-state index contributed by atoms with van der Waals surface area (Å²) >= 11 is 0. The van der Waals surface area contributed by atoms with E-state index < -0.39 is 12.0 Å². The molecule has 0 aliphatic heterocycles. The zero-order chi connectivity index (χ0) is 14.4. The molecule has 1 aromatic carbocycles. The van der Waals surface area contributed by atoms with Crippen LogP contribution in [-0.2, 0) is 9.59 Å².